The van der Waals surface area contributed by atoms with Crippen LogP contribution in [0.25, 0.3) is 99.5 Å². The van der Waals surface area contributed by atoms with Crippen LogP contribution < -0.4 is 26.2 Å². The maximum atomic E-state index is 10.9. The molecule has 2 aromatic heterocycles. The molecule has 17 rings (SSSR count). The normalized spacial score (nSPS) is 15.9. The molecule has 13 aromatic carbocycles. The fraction of sp³-hybridized carbons (Fsp3) is 0.391. The molecule has 0 radical (unpaired) electrons. The van der Waals surface area contributed by atoms with E-state index in [9.17, 15) is 16.4 Å². The van der Waals surface area contributed by atoms with Gasteiger partial charge in [0.25, 0.3) is 6.71 Å². The average molecular weight is 1770 g/mol. The van der Waals surface area contributed by atoms with Gasteiger partial charge < -0.3 is 18.9 Å². The van der Waals surface area contributed by atoms with Gasteiger partial charge in [0.2, 0.25) is 0 Å². The van der Waals surface area contributed by atoms with Gasteiger partial charge in [-0.2, -0.15) is 0 Å². The first kappa shape index (κ1) is 79.5. The molecule has 2 aliphatic rings. The predicted molar refractivity (Wildman–Crippen MR) is 583 cm³/mol. The third kappa shape index (κ3) is 19.2. The third-order valence-electron chi connectivity index (χ3n) is 26.0. The van der Waals surface area contributed by atoms with E-state index in [4.69, 9.17) is 0 Å². The number of rotatable bonds is 14. The quantitative estimate of drug-likeness (QED) is 0.101. The van der Waals surface area contributed by atoms with Crippen molar-refractivity contribution in [3.05, 3.63) is 304 Å². The molecule has 0 spiro atoms. The molecule has 686 valence electrons. The minimum absolute atomic E-state index is 0.313. The Hall–Kier alpha value is -10.9. The Morgan fingerprint density at radius 1 is 0.226 bits per heavy atom. The first-order valence-corrected chi connectivity index (χ1v) is 48.5. The van der Waals surface area contributed by atoms with E-state index in [0.717, 1.165) is 178 Å². The Kier molecular flexibility index (Phi) is 19.7. The Morgan fingerprint density at radius 2 is 0.489 bits per heavy atom. The molecule has 4 nitrogen and oxygen atoms in total. The number of nitrogens with zero attached hydrogens (tertiary/aromatic N) is 4. The summed E-state index contributed by atoms with van der Waals surface area (Å²) in [5, 5.41) is 3.09. The van der Waals surface area contributed by atoms with Crippen LogP contribution in [0.5, 0.6) is 0 Å². The Bertz CT molecular complexity index is 7120. The van der Waals surface area contributed by atoms with Crippen LogP contribution in [0, 0.1) is 32.5 Å². The summed E-state index contributed by atoms with van der Waals surface area (Å²) >= 11 is 0. The van der Waals surface area contributed by atoms with Crippen LogP contribution >= 0.6 is 0 Å². The Balaban J connectivity index is 1.12. The lowest BCUT2D eigenvalue weighted by atomic mass is 9.33. The zero-order valence-electron chi connectivity index (χ0n) is 98.0. The van der Waals surface area contributed by atoms with Crippen molar-refractivity contribution in [1.82, 2.24) is 9.13 Å². The molecule has 0 amide bonds. The lowest BCUT2D eigenvalue weighted by molar-refractivity contribution is 0.411. The van der Waals surface area contributed by atoms with Gasteiger partial charge in [-0.3, -0.25) is 0 Å². The first-order chi connectivity index (χ1) is 66.4. The van der Waals surface area contributed by atoms with Gasteiger partial charge >= 0.3 is 0 Å². The molecule has 5 heteroatoms. The van der Waals surface area contributed by atoms with E-state index < -0.39 is 82.9 Å². The highest BCUT2D eigenvalue weighted by molar-refractivity contribution is 7.00. The van der Waals surface area contributed by atoms with E-state index in [-0.39, 0.29) is 21.7 Å². The van der Waals surface area contributed by atoms with Crippen molar-refractivity contribution in [3.8, 4) is 55.9 Å². The highest BCUT2D eigenvalue weighted by Gasteiger charge is 2.47. The molecule has 0 saturated carbocycles. The van der Waals surface area contributed by atoms with Gasteiger partial charge in [-0.15, -0.1) is 0 Å². The number of anilines is 6. The van der Waals surface area contributed by atoms with Crippen LogP contribution in [0.3, 0.4) is 0 Å². The SMILES string of the molecule is [2H]C([2H])(c1ccc2c(c1)c1cc(C([2H])([2H])C(C)(C)C)ccc1n2-c1ccc2c(c1)N(c1cc(-c3cccc(C(C)(C)C)c3)c(C([2H])([2H])C(C)(C)C)cc1-c1cccc(C(C)(C)C)c1)c1cc(C(C)(C)C)cc3c1B2c1ccc(-n2c4ccc(C([2H])([2H])C(C)(C)C)cc4c4cc(C([2H])([2H])C(C)(C)C)ccc42)cc1N3c1cc(-c2cccc(C(C)(C)C)c2)c(C([2H])([2H])C(C)(C)C)cc1-c1cccc(C(C)(C)C)c1)C(C)(C)C. The van der Waals surface area contributed by atoms with Gasteiger partial charge in [0.05, 0.1) is 33.4 Å². The van der Waals surface area contributed by atoms with Crippen LogP contribution in [-0.4, -0.2) is 15.8 Å². The van der Waals surface area contributed by atoms with Crippen LogP contribution in [-0.2, 0) is 65.3 Å². The second-order valence-corrected chi connectivity index (χ2v) is 49.8. The van der Waals surface area contributed by atoms with Crippen molar-refractivity contribution in [2.45, 2.75) is 294 Å². The molecular formula is C128H151BN4. The van der Waals surface area contributed by atoms with E-state index in [1.54, 1.807) is 0 Å². The maximum Gasteiger partial charge on any atom is 0.252 e. The number of benzene rings is 13. The summed E-state index contributed by atoms with van der Waals surface area (Å²) in [4.78, 5) is 5.02. The number of hydrogen-bond donors (Lipinski definition) is 0. The van der Waals surface area contributed by atoms with Gasteiger partial charge in [-0.1, -0.05) is 362 Å². The fourth-order valence-electron chi connectivity index (χ4n) is 20.0. The van der Waals surface area contributed by atoms with E-state index in [1.165, 1.54) is 0 Å². The second kappa shape index (κ2) is 33.0. The third-order valence-corrected chi connectivity index (χ3v) is 26.0. The summed E-state index contributed by atoms with van der Waals surface area (Å²) in [6.45, 7) is 68.3. The molecule has 0 N–H and O–H groups in total. The molecule has 133 heavy (non-hydrogen) atoms. The van der Waals surface area contributed by atoms with Gasteiger partial charge in [0.15, 0.2) is 0 Å². The fourth-order valence-corrected chi connectivity index (χ4v) is 20.0. The second-order valence-electron chi connectivity index (χ2n) is 49.8. The number of hydrogen-bond acceptors (Lipinski definition) is 2. The highest BCUT2D eigenvalue weighted by Crippen LogP contribution is 2.55. The number of fused-ring (bicyclic) bond motifs is 10. The molecule has 2 aliphatic heterocycles. The van der Waals surface area contributed by atoms with Gasteiger partial charge in [-0.05, 0) is 318 Å². The lowest BCUT2D eigenvalue weighted by Gasteiger charge is -2.46. The van der Waals surface area contributed by atoms with Crippen molar-refractivity contribution in [1.29, 1.82) is 0 Å². The first-order valence-electron chi connectivity index (χ1n) is 54.5. The highest BCUT2D eigenvalue weighted by atomic mass is 15.2. The largest absolute Gasteiger partial charge is 0.311 e. The standard InChI is InChI=1S/C128H151BN4/c1-118(2,3)74-80-46-54-107-101(58-80)102-59-81(75-119(4,5)6)47-55-108(102)130(107)95-50-52-105-113(70-95)132(111-72-97(84-38-34-42-90(62-84)124(19,20)21)88(78-122(13,14)15)66-99(111)86-40-36-44-92(64-86)126(25,26)27)115-68-94(128(31,32)33)69-116-117(115)129(105)106-53-51-96(131-109-56-48-82(76-120(7,8)9)60-103(109)104-61-83(49-57-110(104)131)77-121(10,11)12)71-114(106)133(116)112-73-98(85-39-35-43-91(63-85)125(22,23)24)89(79-123(16,17)18)67-100(112)87-41-37-45-93(65-87)127(28,29)30/h34-73H,74-79H2,1-33H3/i74D2,75D2,76D2,77D2,78D2,79D2. The molecule has 0 atom stereocenters. The van der Waals surface area contributed by atoms with E-state index in [1.807, 2.05) is 173 Å². The Morgan fingerprint density at radius 3 is 0.744 bits per heavy atom. The maximum absolute atomic E-state index is 10.9. The lowest BCUT2D eigenvalue weighted by Crippen LogP contribution is -2.61. The molecule has 0 fully saturated rings. The smallest absolute Gasteiger partial charge is 0.252 e. The van der Waals surface area contributed by atoms with Gasteiger partial charge in [-0.25, -0.2) is 0 Å². The van der Waals surface area contributed by atoms with Crippen molar-refractivity contribution >= 4 is 101 Å². The van der Waals surface area contributed by atoms with Crippen LogP contribution in [0.4, 0.5) is 34.1 Å². The minimum Gasteiger partial charge on any atom is -0.311 e. The van der Waals surface area contributed by atoms with Crippen molar-refractivity contribution in [3.63, 3.8) is 0 Å². The summed E-state index contributed by atoms with van der Waals surface area (Å²) in [6.07, 6.45) is -11.2. The van der Waals surface area contributed by atoms with Crippen molar-refractivity contribution in [2.75, 3.05) is 9.80 Å². The summed E-state index contributed by atoms with van der Waals surface area (Å²) in [6, 6.07) is 86.6. The molecule has 15 aromatic rings. The molecule has 0 aliphatic carbocycles. The summed E-state index contributed by atoms with van der Waals surface area (Å²) in [5.74, 6) is 0. The molecule has 0 unspecified atom stereocenters. The van der Waals surface area contributed by atoms with Gasteiger partial charge in [0.1, 0.15) is 0 Å². The summed E-state index contributed by atoms with van der Waals surface area (Å²) in [7, 11) is 0. The molecule has 0 saturated heterocycles. The Labute approximate surface area is 817 Å². The topological polar surface area (TPSA) is 16.3 Å². The minimum atomic E-state index is -1.97. The average Bonchev–Trinajstić information content (AvgIpc) is 1.18. The zero-order valence-corrected chi connectivity index (χ0v) is 86.0. The van der Waals surface area contributed by atoms with E-state index >= 15 is 0 Å². The zero-order chi connectivity index (χ0) is 107. The van der Waals surface area contributed by atoms with Crippen LogP contribution in [0.1, 0.15) is 306 Å². The van der Waals surface area contributed by atoms with E-state index in [2.05, 4.69) is 317 Å². The summed E-state index contributed by atoms with van der Waals surface area (Å²) in [5.41, 5.74) is 20.5. The predicted octanol–water partition coefficient (Wildman–Crippen LogP) is 34.7. The van der Waals surface area contributed by atoms with Gasteiger partial charge in [0, 0.05) is 83.2 Å². The molecule has 0 bridgehead atoms. The number of aromatic nitrogens is 2. The monoisotopic (exact) mass is 1770 g/mol. The van der Waals surface area contributed by atoms with Crippen LogP contribution in [0.2, 0.25) is 0 Å². The van der Waals surface area contributed by atoms with Crippen molar-refractivity contribution < 1.29 is 16.4 Å². The molecule has 4 heterocycles. The molecular weight excluding hydrogens is 1600 g/mol. The van der Waals surface area contributed by atoms with E-state index in [0.29, 0.717) is 33.4 Å². The summed E-state index contributed by atoms with van der Waals surface area (Å²) < 4.78 is 128. The van der Waals surface area contributed by atoms with Crippen LogP contribution in [0.15, 0.2) is 243 Å². The van der Waals surface area contributed by atoms with Crippen molar-refractivity contribution in [2.24, 2.45) is 32.5 Å².